The zero-order chi connectivity index (χ0) is 15.7. The predicted molar refractivity (Wildman–Crippen MR) is 81.5 cm³/mol. The van der Waals surface area contributed by atoms with Crippen molar-refractivity contribution in [3.05, 3.63) is 35.6 Å². The molecule has 0 spiro atoms. The molecule has 0 bridgehead atoms. The summed E-state index contributed by atoms with van der Waals surface area (Å²) >= 11 is 0. The summed E-state index contributed by atoms with van der Waals surface area (Å²) in [6.07, 6.45) is 4.70. The zero-order valence-corrected chi connectivity index (χ0v) is 13.4. The van der Waals surface area contributed by atoms with E-state index in [1.54, 1.807) is 0 Å². The first kappa shape index (κ1) is 15.7. The highest BCUT2D eigenvalue weighted by molar-refractivity contribution is 5.35. The third kappa shape index (κ3) is 3.49. The second-order valence-electron chi connectivity index (χ2n) is 6.28. The first-order valence-electron chi connectivity index (χ1n) is 7.11. The van der Waals surface area contributed by atoms with Crippen LogP contribution < -0.4 is 0 Å². The van der Waals surface area contributed by atoms with Gasteiger partial charge in [-0.1, -0.05) is 11.8 Å². The molecule has 21 heavy (non-hydrogen) atoms. The Labute approximate surface area is 127 Å². The third-order valence-corrected chi connectivity index (χ3v) is 3.91. The van der Waals surface area contributed by atoms with Gasteiger partial charge in [0.1, 0.15) is 17.0 Å². The van der Waals surface area contributed by atoms with Crippen LogP contribution in [0.3, 0.4) is 0 Å². The van der Waals surface area contributed by atoms with Crippen LogP contribution in [0.4, 0.5) is 0 Å². The van der Waals surface area contributed by atoms with Gasteiger partial charge in [0.15, 0.2) is 0 Å². The van der Waals surface area contributed by atoms with Crippen molar-refractivity contribution in [2.45, 2.75) is 52.2 Å². The molecule has 0 saturated carbocycles. The van der Waals surface area contributed by atoms with Gasteiger partial charge in [0.05, 0.1) is 12.7 Å². The average molecular weight is 289 g/mol. The van der Waals surface area contributed by atoms with E-state index in [1.165, 1.54) is 5.23 Å². The molecule has 0 unspecified atom stereocenters. The lowest BCUT2D eigenvalue weighted by Gasteiger charge is -2.26. The van der Waals surface area contributed by atoms with Crippen molar-refractivity contribution >= 4 is 0 Å². The minimum absolute atomic E-state index is 0.420. The molecule has 0 aromatic carbocycles. The molecule has 2 aliphatic heterocycles. The molecule has 2 aliphatic rings. The van der Waals surface area contributed by atoms with E-state index < -0.39 is 11.2 Å². The van der Waals surface area contributed by atoms with Gasteiger partial charge in [0.25, 0.3) is 0 Å². The number of hydrogen-bond acceptors (Lipinski definition) is 4. The van der Waals surface area contributed by atoms with Crippen molar-refractivity contribution in [3.63, 3.8) is 0 Å². The van der Waals surface area contributed by atoms with Crippen molar-refractivity contribution < 1.29 is 14.4 Å². The fourth-order valence-electron chi connectivity index (χ4n) is 1.75. The highest BCUT2D eigenvalue weighted by atomic mass is 17.0. The molecule has 0 N–H and O–H groups in total. The number of nitrogens with zero attached hydrogens (tertiary/aromatic N) is 1. The Hall–Kier alpha value is -1.70. The molecule has 0 aliphatic carbocycles. The Balaban J connectivity index is 2.02. The lowest BCUT2D eigenvalue weighted by molar-refractivity contribution is -0.282. The Bertz CT molecular complexity index is 542. The maximum Gasteiger partial charge on any atom is 0.125 e. The van der Waals surface area contributed by atoms with E-state index in [1.807, 2.05) is 46.8 Å². The summed E-state index contributed by atoms with van der Waals surface area (Å²) in [5, 5.41) is 1.25. The van der Waals surface area contributed by atoms with Crippen molar-refractivity contribution in [1.29, 1.82) is 0 Å². The van der Waals surface area contributed by atoms with Gasteiger partial charge in [0, 0.05) is 12.0 Å². The minimum atomic E-state index is -0.420. The highest BCUT2D eigenvalue weighted by Crippen LogP contribution is 2.36. The van der Waals surface area contributed by atoms with Crippen molar-refractivity contribution in [3.8, 4) is 12.0 Å². The molecule has 0 radical (unpaired) electrons. The summed E-state index contributed by atoms with van der Waals surface area (Å²) in [5.74, 6) is 3.84. The molecule has 2 fully saturated rings. The third-order valence-electron chi connectivity index (χ3n) is 3.91. The molecule has 2 rings (SSSR count). The summed E-state index contributed by atoms with van der Waals surface area (Å²) in [4.78, 5) is 11.3. The SMILES string of the molecule is C=C1CCO/C1=C/C=C(\C)C#CN1OC(C)(C)C(C)(C)O1. The molecule has 4 nitrogen and oxygen atoms in total. The van der Waals surface area contributed by atoms with Crippen LogP contribution in [-0.4, -0.2) is 23.0 Å². The summed E-state index contributed by atoms with van der Waals surface area (Å²) < 4.78 is 5.46. The van der Waals surface area contributed by atoms with Gasteiger partial charge in [-0.3, -0.25) is 0 Å². The van der Waals surface area contributed by atoms with Gasteiger partial charge < -0.3 is 4.74 Å². The Morgan fingerprint density at radius 1 is 1.24 bits per heavy atom. The maximum absolute atomic E-state index is 5.67. The van der Waals surface area contributed by atoms with Gasteiger partial charge in [-0.25, -0.2) is 9.68 Å². The lowest BCUT2D eigenvalue weighted by Crippen LogP contribution is -2.41. The van der Waals surface area contributed by atoms with E-state index >= 15 is 0 Å². The standard InChI is InChI=1S/C17H23NO3/c1-13(7-8-15-14(2)10-12-19-15)9-11-18-20-16(3,4)17(5,6)21-18/h7-8H,2,10,12H2,1,3-6H3/b13-7+,15-8+. The molecule has 0 aromatic heterocycles. The second kappa shape index (κ2) is 5.59. The van der Waals surface area contributed by atoms with Gasteiger partial charge >= 0.3 is 0 Å². The second-order valence-corrected chi connectivity index (χ2v) is 6.28. The van der Waals surface area contributed by atoms with Crippen LogP contribution >= 0.6 is 0 Å². The Morgan fingerprint density at radius 3 is 2.38 bits per heavy atom. The lowest BCUT2D eigenvalue weighted by atomic mass is 9.90. The zero-order valence-electron chi connectivity index (χ0n) is 13.4. The molecule has 0 amide bonds. The number of ether oxygens (including phenoxy) is 1. The molecule has 114 valence electrons. The molecule has 4 heteroatoms. The van der Waals surface area contributed by atoms with Crippen LogP contribution in [-0.2, 0) is 14.4 Å². The summed E-state index contributed by atoms with van der Waals surface area (Å²) in [6, 6.07) is 2.86. The van der Waals surface area contributed by atoms with E-state index in [0.717, 1.165) is 23.3 Å². The van der Waals surface area contributed by atoms with Gasteiger partial charge in [-0.05, 0) is 58.3 Å². The first-order valence-corrected chi connectivity index (χ1v) is 7.11. The summed E-state index contributed by atoms with van der Waals surface area (Å²) in [7, 11) is 0. The van der Waals surface area contributed by atoms with Gasteiger partial charge in [0.2, 0.25) is 0 Å². The summed E-state index contributed by atoms with van der Waals surface area (Å²) in [5.41, 5.74) is 1.08. The maximum atomic E-state index is 5.67. The van der Waals surface area contributed by atoms with Crippen LogP contribution in [0.15, 0.2) is 35.6 Å². The van der Waals surface area contributed by atoms with Crippen molar-refractivity contribution in [2.75, 3.05) is 6.61 Å². The van der Waals surface area contributed by atoms with E-state index in [4.69, 9.17) is 14.4 Å². The molecular formula is C17H23NO3. The fraction of sp³-hybridized carbons (Fsp3) is 0.529. The Kier molecular flexibility index (Phi) is 4.18. The molecule has 2 heterocycles. The summed E-state index contributed by atoms with van der Waals surface area (Å²) in [6.45, 7) is 14.5. The number of hydroxylamine groups is 2. The number of hydrogen-bond donors (Lipinski definition) is 0. The van der Waals surface area contributed by atoms with Crippen LogP contribution in [0.2, 0.25) is 0 Å². The van der Waals surface area contributed by atoms with Crippen LogP contribution in [0.5, 0.6) is 0 Å². The smallest absolute Gasteiger partial charge is 0.125 e. The normalized spacial score (nSPS) is 25.8. The van der Waals surface area contributed by atoms with E-state index in [9.17, 15) is 0 Å². The molecule has 2 saturated heterocycles. The van der Waals surface area contributed by atoms with Crippen LogP contribution in [0.25, 0.3) is 0 Å². The van der Waals surface area contributed by atoms with Gasteiger partial charge in [-0.2, -0.15) is 0 Å². The largest absolute Gasteiger partial charge is 0.493 e. The van der Waals surface area contributed by atoms with Crippen LogP contribution in [0.1, 0.15) is 41.0 Å². The van der Waals surface area contributed by atoms with E-state index in [0.29, 0.717) is 6.61 Å². The number of allylic oxidation sites excluding steroid dienone is 4. The van der Waals surface area contributed by atoms with E-state index in [-0.39, 0.29) is 0 Å². The average Bonchev–Trinajstić information content (AvgIpc) is 2.86. The number of rotatable bonds is 1. The molecular weight excluding hydrogens is 266 g/mol. The van der Waals surface area contributed by atoms with Crippen molar-refractivity contribution in [1.82, 2.24) is 5.23 Å². The first-order chi connectivity index (χ1) is 9.71. The monoisotopic (exact) mass is 289 g/mol. The Morgan fingerprint density at radius 2 is 1.86 bits per heavy atom. The molecule has 0 aromatic rings. The van der Waals surface area contributed by atoms with E-state index in [2.05, 4.69) is 18.5 Å². The highest BCUT2D eigenvalue weighted by Gasteiger charge is 2.49. The van der Waals surface area contributed by atoms with Crippen molar-refractivity contribution in [2.24, 2.45) is 0 Å². The van der Waals surface area contributed by atoms with Crippen LogP contribution in [0, 0.1) is 12.0 Å². The topological polar surface area (TPSA) is 30.9 Å². The predicted octanol–water partition coefficient (Wildman–Crippen LogP) is 3.49. The minimum Gasteiger partial charge on any atom is -0.493 e. The van der Waals surface area contributed by atoms with Gasteiger partial charge in [-0.15, -0.1) is 0 Å². The molecule has 0 atom stereocenters. The fourth-order valence-corrected chi connectivity index (χ4v) is 1.75. The quantitative estimate of drug-likeness (QED) is 0.691.